The zero-order valence-electron chi connectivity index (χ0n) is 14.7. The Hall–Kier alpha value is -1.98. The molecule has 0 amide bonds. The van der Waals surface area contributed by atoms with Crippen molar-refractivity contribution < 1.29 is 36.3 Å². The predicted molar refractivity (Wildman–Crippen MR) is 90.4 cm³/mol. The van der Waals surface area contributed by atoms with Gasteiger partial charge in [0.2, 0.25) is 0 Å². The van der Waals surface area contributed by atoms with Crippen LogP contribution < -0.4 is 5.73 Å². The summed E-state index contributed by atoms with van der Waals surface area (Å²) in [5, 5.41) is 0.819. The predicted octanol–water partition coefficient (Wildman–Crippen LogP) is 0.619. The van der Waals surface area contributed by atoms with E-state index in [0.717, 1.165) is 5.41 Å². The van der Waals surface area contributed by atoms with Crippen molar-refractivity contribution in [2.75, 3.05) is 6.61 Å². The Balaban J connectivity index is 1.59. The van der Waals surface area contributed by atoms with Crippen molar-refractivity contribution in [1.29, 1.82) is 0 Å². The minimum atomic E-state index is -4.03. The number of benzene rings is 1. The fourth-order valence-electron chi connectivity index (χ4n) is 3.50. The van der Waals surface area contributed by atoms with Crippen molar-refractivity contribution in [3.63, 3.8) is 0 Å². The van der Waals surface area contributed by atoms with Crippen LogP contribution in [-0.4, -0.2) is 50.9 Å². The van der Waals surface area contributed by atoms with E-state index in [1.54, 1.807) is 44.2 Å². The molecule has 0 saturated carbocycles. The third-order valence-electron chi connectivity index (χ3n) is 4.61. The lowest BCUT2D eigenvalue weighted by molar-refractivity contribution is -0.224. The second-order valence-corrected chi connectivity index (χ2v) is 8.34. The number of hydrogen-bond donors (Lipinski definition) is 1. The number of nitrogens with two attached hydrogens (primary N) is 1. The summed E-state index contributed by atoms with van der Waals surface area (Å²) in [5.41, 5.74) is 4.61. The number of carbonyl (C=O) groups is 1. The van der Waals surface area contributed by atoms with Gasteiger partial charge in [-0.15, -0.1) is 0 Å². The molecule has 0 unspecified atom stereocenters. The molecule has 10 heteroatoms. The van der Waals surface area contributed by atoms with Crippen LogP contribution in [0.1, 0.15) is 24.2 Å². The Bertz CT molecular complexity index is 897. The second-order valence-electron chi connectivity index (χ2n) is 6.96. The minimum absolute atomic E-state index is 0.0861. The molecule has 2 saturated heterocycles. The fourth-order valence-corrected chi connectivity index (χ4v) is 4.73. The maximum absolute atomic E-state index is 12.2. The smallest absolute Gasteiger partial charge is 0.338 e. The highest BCUT2D eigenvalue weighted by Crippen LogP contribution is 2.50. The molecular formula is C17H19NO8S. The Labute approximate surface area is 156 Å². The maximum atomic E-state index is 12.2. The average molecular weight is 397 g/mol. The summed E-state index contributed by atoms with van der Waals surface area (Å²) >= 11 is 0. The molecule has 0 aliphatic carbocycles. The summed E-state index contributed by atoms with van der Waals surface area (Å²) in [6.45, 7) is 3.03. The van der Waals surface area contributed by atoms with Gasteiger partial charge >= 0.3 is 5.97 Å². The molecule has 2 fully saturated rings. The van der Waals surface area contributed by atoms with E-state index in [1.807, 2.05) is 0 Å². The highest BCUT2D eigenvalue weighted by atomic mass is 32.2. The third-order valence-corrected chi connectivity index (χ3v) is 5.66. The van der Waals surface area contributed by atoms with Gasteiger partial charge in [-0.2, -0.15) is 8.42 Å². The Morgan fingerprint density at radius 1 is 1.22 bits per heavy atom. The van der Waals surface area contributed by atoms with Crippen LogP contribution in [0.5, 0.6) is 0 Å². The molecule has 9 nitrogen and oxygen atoms in total. The standard InChI is InChI=1S/C17H19NO8S/c1-16(2)24-13-15(25-16)23-12(17(13)11(18)9-27(20,21)26-17)8-22-14(19)10-6-4-3-5-7-10/h3-7,9,12-13,15H,8,18H2,1-2H3/t12-,13+,15-,17-/m1/s1. The molecule has 3 aliphatic rings. The van der Waals surface area contributed by atoms with Gasteiger partial charge in [0.25, 0.3) is 10.1 Å². The molecule has 2 N–H and O–H groups in total. The Morgan fingerprint density at radius 3 is 2.56 bits per heavy atom. The lowest BCUT2D eigenvalue weighted by Crippen LogP contribution is -2.54. The summed E-state index contributed by atoms with van der Waals surface area (Å²) in [6.07, 6.45) is -2.87. The number of carbonyl (C=O) groups excluding carboxylic acids is 1. The first-order valence-electron chi connectivity index (χ1n) is 8.29. The highest BCUT2D eigenvalue weighted by Gasteiger charge is 2.69. The normalized spacial score (nSPS) is 35.8. The van der Waals surface area contributed by atoms with Gasteiger partial charge < -0.3 is 24.7 Å². The quantitative estimate of drug-likeness (QED) is 0.577. The molecular weight excluding hydrogens is 378 g/mol. The van der Waals surface area contributed by atoms with E-state index in [0.29, 0.717) is 5.56 Å². The monoisotopic (exact) mass is 397 g/mol. The zero-order chi connectivity index (χ0) is 19.4. The summed E-state index contributed by atoms with van der Waals surface area (Å²) < 4.78 is 51.9. The van der Waals surface area contributed by atoms with Crippen LogP contribution in [0.2, 0.25) is 0 Å². The SMILES string of the molecule is CC1(C)O[C@H]2O[C@H](COC(=O)c3ccccc3)[C@@]3(OS(=O)(=O)C=C3N)[C@H]2O1. The number of esters is 1. The number of hydrogen-bond acceptors (Lipinski definition) is 9. The summed E-state index contributed by atoms with van der Waals surface area (Å²) in [7, 11) is -4.03. The first kappa shape index (κ1) is 18.4. The molecule has 146 valence electrons. The van der Waals surface area contributed by atoms with Gasteiger partial charge in [-0.25, -0.2) is 8.98 Å². The van der Waals surface area contributed by atoms with Crippen molar-refractivity contribution in [2.45, 2.75) is 43.7 Å². The lowest BCUT2D eigenvalue weighted by atomic mass is 9.90. The Morgan fingerprint density at radius 2 is 1.93 bits per heavy atom. The molecule has 0 aromatic heterocycles. The fraction of sp³-hybridized carbons (Fsp3) is 0.471. The summed E-state index contributed by atoms with van der Waals surface area (Å²) in [4.78, 5) is 12.2. The van der Waals surface area contributed by atoms with Gasteiger partial charge in [-0.3, -0.25) is 0 Å². The molecule has 1 spiro atoms. The van der Waals surface area contributed by atoms with Crippen molar-refractivity contribution in [2.24, 2.45) is 5.73 Å². The number of rotatable bonds is 3. The van der Waals surface area contributed by atoms with Crippen LogP contribution in [0.3, 0.4) is 0 Å². The van der Waals surface area contributed by atoms with Gasteiger partial charge in [0.15, 0.2) is 23.8 Å². The largest absolute Gasteiger partial charge is 0.459 e. The summed E-state index contributed by atoms with van der Waals surface area (Å²) in [5.74, 6) is -1.60. The van der Waals surface area contributed by atoms with E-state index in [4.69, 9.17) is 28.9 Å². The van der Waals surface area contributed by atoms with Crippen molar-refractivity contribution >= 4 is 16.1 Å². The van der Waals surface area contributed by atoms with E-state index in [9.17, 15) is 13.2 Å². The molecule has 3 aliphatic heterocycles. The van der Waals surface area contributed by atoms with Crippen LogP contribution >= 0.6 is 0 Å². The topological polar surface area (TPSA) is 123 Å². The molecule has 1 aromatic rings. The van der Waals surface area contributed by atoms with E-state index >= 15 is 0 Å². The van der Waals surface area contributed by atoms with E-state index in [1.165, 1.54) is 0 Å². The first-order chi connectivity index (χ1) is 12.6. The van der Waals surface area contributed by atoms with Crippen molar-refractivity contribution in [1.82, 2.24) is 0 Å². The molecule has 0 radical (unpaired) electrons. The second kappa shape index (κ2) is 6.01. The first-order valence-corrected chi connectivity index (χ1v) is 9.77. The van der Waals surface area contributed by atoms with Crippen molar-refractivity contribution in [3.8, 4) is 0 Å². The molecule has 4 rings (SSSR count). The molecule has 1 aromatic carbocycles. The number of fused-ring (bicyclic) bond motifs is 2. The molecule has 4 atom stereocenters. The highest BCUT2D eigenvalue weighted by molar-refractivity contribution is 7.90. The average Bonchev–Trinajstić information content (AvgIpc) is 3.13. The van der Waals surface area contributed by atoms with E-state index < -0.39 is 46.0 Å². The summed E-state index contributed by atoms with van der Waals surface area (Å²) in [6, 6.07) is 8.37. The minimum Gasteiger partial charge on any atom is -0.459 e. The molecule has 3 heterocycles. The molecule has 0 bridgehead atoms. The molecule has 27 heavy (non-hydrogen) atoms. The van der Waals surface area contributed by atoms with Gasteiger partial charge in [0, 0.05) is 0 Å². The van der Waals surface area contributed by atoms with Gasteiger partial charge in [-0.05, 0) is 26.0 Å². The van der Waals surface area contributed by atoms with Gasteiger partial charge in [-0.1, -0.05) is 18.2 Å². The van der Waals surface area contributed by atoms with Crippen LogP contribution in [0.15, 0.2) is 41.4 Å². The zero-order valence-corrected chi connectivity index (χ0v) is 15.5. The van der Waals surface area contributed by atoms with Crippen LogP contribution in [0.25, 0.3) is 0 Å². The van der Waals surface area contributed by atoms with Crippen LogP contribution in [-0.2, 0) is 33.2 Å². The van der Waals surface area contributed by atoms with E-state index in [-0.39, 0.29) is 12.3 Å². The van der Waals surface area contributed by atoms with Crippen molar-refractivity contribution in [3.05, 3.63) is 47.0 Å². The van der Waals surface area contributed by atoms with E-state index in [2.05, 4.69) is 0 Å². The van der Waals surface area contributed by atoms with Crippen LogP contribution in [0, 0.1) is 0 Å². The van der Waals surface area contributed by atoms with Gasteiger partial charge in [0.05, 0.1) is 16.7 Å². The Kier molecular flexibility index (Phi) is 4.09. The lowest BCUT2D eigenvalue weighted by Gasteiger charge is -2.33. The maximum Gasteiger partial charge on any atom is 0.338 e. The van der Waals surface area contributed by atoms with Crippen LogP contribution in [0.4, 0.5) is 0 Å². The third kappa shape index (κ3) is 3.03. The van der Waals surface area contributed by atoms with Gasteiger partial charge in [0.1, 0.15) is 12.7 Å². The number of ether oxygens (including phenoxy) is 4.